The molecule has 3 heterocycles. The molecule has 1 aromatic rings. The Bertz CT molecular complexity index is 607. The van der Waals surface area contributed by atoms with Gasteiger partial charge in [0.25, 0.3) is 5.91 Å². The lowest BCUT2D eigenvalue weighted by molar-refractivity contribution is -0.152. The Kier molecular flexibility index (Phi) is 5.59. The molecule has 3 rings (SSSR count). The molecule has 6 heteroatoms. The first-order valence-corrected chi connectivity index (χ1v) is 9.07. The van der Waals surface area contributed by atoms with Crippen LogP contribution in [-0.4, -0.2) is 61.4 Å². The number of pyridine rings is 1. The lowest BCUT2D eigenvalue weighted by Gasteiger charge is -2.50. The highest BCUT2D eigenvalue weighted by Gasteiger charge is 2.47. The zero-order valence-corrected chi connectivity index (χ0v) is 15.4. The summed E-state index contributed by atoms with van der Waals surface area (Å²) in [5.41, 5.74) is 0.395. The quantitative estimate of drug-likeness (QED) is 0.818. The average Bonchev–Trinajstić information content (AvgIpc) is 2.65. The number of likely N-dealkylation sites (tertiary alicyclic amines) is 1. The van der Waals surface area contributed by atoms with Crippen LogP contribution in [0.5, 0.6) is 5.88 Å². The number of hydrogen-bond acceptors (Lipinski definition) is 5. The monoisotopic (exact) mass is 348 g/mol. The van der Waals surface area contributed by atoms with Crippen molar-refractivity contribution in [2.75, 3.05) is 33.4 Å². The number of ether oxygens (including phenoxy) is 3. The fraction of sp³-hybridized carbons (Fsp3) is 0.684. The van der Waals surface area contributed by atoms with Crippen LogP contribution in [0.4, 0.5) is 0 Å². The van der Waals surface area contributed by atoms with Gasteiger partial charge in [0, 0.05) is 31.3 Å². The molecule has 1 aromatic heterocycles. The molecule has 6 nitrogen and oxygen atoms in total. The number of methoxy groups -OCH3 is 1. The highest BCUT2D eigenvalue weighted by Crippen LogP contribution is 2.41. The topological polar surface area (TPSA) is 60.9 Å². The van der Waals surface area contributed by atoms with E-state index in [-0.39, 0.29) is 23.5 Å². The van der Waals surface area contributed by atoms with Gasteiger partial charge in [-0.15, -0.1) is 0 Å². The van der Waals surface area contributed by atoms with Crippen LogP contribution in [0.2, 0.25) is 0 Å². The first-order chi connectivity index (χ1) is 12.1. The van der Waals surface area contributed by atoms with Crippen LogP contribution in [0, 0.1) is 5.41 Å². The van der Waals surface area contributed by atoms with Crippen molar-refractivity contribution in [3.8, 4) is 5.88 Å². The molecule has 0 saturated carbocycles. The lowest BCUT2D eigenvalue weighted by Crippen LogP contribution is -2.58. The molecule has 2 unspecified atom stereocenters. The first-order valence-electron chi connectivity index (χ1n) is 9.07. The normalized spacial score (nSPS) is 26.4. The first kappa shape index (κ1) is 18.1. The number of fused-ring (bicyclic) bond motifs is 1. The molecule has 25 heavy (non-hydrogen) atoms. The van der Waals surface area contributed by atoms with E-state index in [0.29, 0.717) is 31.1 Å². The maximum Gasteiger partial charge on any atom is 0.259 e. The van der Waals surface area contributed by atoms with Crippen LogP contribution in [0.25, 0.3) is 0 Å². The Morgan fingerprint density at radius 3 is 3.12 bits per heavy atom. The summed E-state index contributed by atoms with van der Waals surface area (Å²) in [5.74, 6) is 0.347. The van der Waals surface area contributed by atoms with E-state index in [1.54, 1.807) is 18.3 Å². The Balaban J connectivity index is 1.80. The molecule has 1 amide bonds. The summed E-state index contributed by atoms with van der Waals surface area (Å²) in [7, 11) is 1.54. The predicted molar refractivity (Wildman–Crippen MR) is 93.8 cm³/mol. The number of hydrogen-bond donors (Lipinski definition) is 0. The molecule has 0 N–H and O–H groups in total. The number of rotatable bonds is 5. The minimum Gasteiger partial charge on any atom is -0.480 e. The second-order valence-electron chi connectivity index (χ2n) is 7.26. The Hall–Kier alpha value is -1.66. The molecule has 2 aliphatic heterocycles. The number of carbonyl (C=O) groups is 1. The summed E-state index contributed by atoms with van der Waals surface area (Å²) in [6, 6.07) is 3.54. The average molecular weight is 348 g/mol. The minimum absolute atomic E-state index is 0.0297. The molecule has 2 atom stereocenters. The second kappa shape index (κ2) is 7.70. The van der Waals surface area contributed by atoms with Crippen LogP contribution < -0.4 is 4.74 Å². The fourth-order valence-electron chi connectivity index (χ4n) is 3.89. The van der Waals surface area contributed by atoms with Gasteiger partial charge in [-0.3, -0.25) is 4.79 Å². The van der Waals surface area contributed by atoms with E-state index in [1.165, 1.54) is 7.11 Å². The van der Waals surface area contributed by atoms with Gasteiger partial charge in [0.15, 0.2) is 0 Å². The number of carbonyl (C=O) groups excluding carboxylic acids is 1. The molecule has 2 aliphatic rings. The summed E-state index contributed by atoms with van der Waals surface area (Å²) >= 11 is 0. The van der Waals surface area contributed by atoms with E-state index in [1.807, 2.05) is 18.7 Å². The molecule has 0 aromatic carbocycles. The number of piperidine rings is 1. The van der Waals surface area contributed by atoms with Crippen LogP contribution in [0.1, 0.15) is 43.5 Å². The molecule has 0 radical (unpaired) electrons. The van der Waals surface area contributed by atoms with Gasteiger partial charge in [0.2, 0.25) is 5.88 Å². The molecule has 0 aliphatic carbocycles. The molecule has 138 valence electrons. The van der Waals surface area contributed by atoms with E-state index in [4.69, 9.17) is 14.2 Å². The Labute approximate surface area is 149 Å². The van der Waals surface area contributed by atoms with Crippen molar-refractivity contribution in [2.45, 2.75) is 45.3 Å². The lowest BCUT2D eigenvalue weighted by atomic mass is 9.73. The summed E-state index contributed by atoms with van der Waals surface area (Å²) < 4.78 is 17.3. The summed E-state index contributed by atoms with van der Waals surface area (Å²) in [5, 5.41) is 0. The standard InChI is InChI=1S/C19H28N2O4/c1-14(2)25-13-19-8-5-11-24-16(19)7-10-21(12-19)18(22)15-6-4-9-20-17(15)23-3/h4,6,9,14,16H,5,7-8,10-13H2,1-3H3. The van der Waals surface area contributed by atoms with Crippen LogP contribution in [0.15, 0.2) is 18.3 Å². The van der Waals surface area contributed by atoms with E-state index in [9.17, 15) is 4.79 Å². The van der Waals surface area contributed by atoms with Crippen LogP contribution in [-0.2, 0) is 9.47 Å². The summed E-state index contributed by atoms with van der Waals surface area (Å²) in [4.78, 5) is 19.1. The highest BCUT2D eigenvalue weighted by molar-refractivity contribution is 5.96. The van der Waals surface area contributed by atoms with Crippen molar-refractivity contribution in [3.05, 3.63) is 23.9 Å². The van der Waals surface area contributed by atoms with Crippen LogP contribution >= 0.6 is 0 Å². The van der Waals surface area contributed by atoms with Crippen LogP contribution in [0.3, 0.4) is 0 Å². The van der Waals surface area contributed by atoms with Crippen molar-refractivity contribution in [3.63, 3.8) is 0 Å². The van der Waals surface area contributed by atoms with Gasteiger partial charge < -0.3 is 19.1 Å². The van der Waals surface area contributed by atoms with Crippen molar-refractivity contribution in [2.24, 2.45) is 5.41 Å². The molecule has 0 bridgehead atoms. The Morgan fingerprint density at radius 2 is 2.36 bits per heavy atom. The molecule has 2 saturated heterocycles. The molecule has 0 spiro atoms. The Morgan fingerprint density at radius 1 is 1.52 bits per heavy atom. The van der Waals surface area contributed by atoms with Gasteiger partial charge in [-0.2, -0.15) is 0 Å². The van der Waals surface area contributed by atoms with Crippen molar-refractivity contribution in [1.29, 1.82) is 0 Å². The van der Waals surface area contributed by atoms with Gasteiger partial charge in [-0.1, -0.05) is 0 Å². The van der Waals surface area contributed by atoms with Gasteiger partial charge in [0.05, 0.1) is 25.9 Å². The van der Waals surface area contributed by atoms with Crippen molar-refractivity contribution in [1.82, 2.24) is 9.88 Å². The van der Waals surface area contributed by atoms with E-state index >= 15 is 0 Å². The largest absolute Gasteiger partial charge is 0.480 e. The number of aromatic nitrogens is 1. The SMILES string of the molecule is COc1ncccc1C(=O)N1CCC2OCCCC2(COC(C)C)C1. The third-order valence-electron chi connectivity index (χ3n) is 5.17. The minimum atomic E-state index is -0.119. The van der Waals surface area contributed by atoms with Gasteiger partial charge in [-0.25, -0.2) is 4.98 Å². The van der Waals surface area contributed by atoms with Gasteiger partial charge >= 0.3 is 0 Å². The number of nitrogens with zero attached hydrogens (tertiary/aromatic N) is 2. The third kappa shape index (κ3) is 3.80. The summed E-state index contributed by atoms with van der Waals surface area (Å²) in [6.45, 7) is 6.86. The molecular weight excluding hydrogens is 320 g/mol. The third-order valence-corrected chi connectivity index (χ3v) is 5.17. The maximum absolute atomic E-state index is 13.1. The highest BCUT2D eigenvalue weighted by atomic mass is 16.5. The predicted octanol–water partition coefficient (Wildman–Crippen LogP) is 2.53. The molecular formula is C19H28N2O4. The van der Waals surface area contributed by atoms with E-state index < -0.39 is 0 Å². The van der Waals surface area contributed by atoms with E-state index in [0.717, 1.165) is 25.9 Å². The molecule has 2 fully saturated rings. The summed E-state index contributed by atoms with van der Waals surface area (Å²) in [6.07, 6.45) is 4.85. The fourth-order valence-corrected chi connectivity index (χ4v) is 3.89. The zero-order chi connectivity index (χ0) is 17.9. The van der Waals surface area contributed by atoms with Crippen molar-refractivity contribution >= 4 is 5.91 Å². The van der Waals surface area contributed by atoms with Gasteiger partial charge in [-0.05, 0) is 45.2 Å². The smallest absolute Gasteiger partial charge is 0.259 e. The van der Waals surface area contributed by atoms with Crippen molar-refractivity contribution < 1.29 is 19.0 Å². The number of amides is 1. The van der Waals surface area contributed by atoms with Gasteiger partial charge in [0.1, 0.15) is 5.56 Å². The van der Waals surface area contributed by atoms with E-state index in [2.05, 4.69) is 4.98 Å². The maximum atomic E-state index is 13.1. The second-order valence-corrected chi connectivity index (χ2v) is 7.26. The zero-order valence-electron chi connectivity index (χ0n) is 15.4.